The summed E-state index contributed by atoms with van der Waals surface area (Å²) in [6.45, 7) is 0. The van der Waals surface area contributed by atoms with Gasteiger partial charge in [-0.05, 0) is 66.1 Å². The van der Waals surface area contributed by atoms with Gasteiger partial charge in [0.25, 0.3) is 0 Å². The molecule has 0 amide bonds. The maximum absolute atomic E-state index is 13.4. The number of carbonyl (C=O) groups is 2. The van der Waals surface area contributed by atoms with Gasteiger partial charge in [-0.25, -0.2) is 4.79 Å². The highest BCUT2D eigenvalue weighted by Crippen LogP contribution is 2.28. The third-order valence-electron chi connectivity index (χ3n) is 5.02. The largest absolute Gasteiger partial charge is 0.497 e. The molecule has 0 radical (unpaired) electrons. The number of hydrogen-bond donors (Lipinski definition) is 0. The number of carbonyl (C=O) groups excluding carboxylic acids is 2. The molecule has 0 aliphatic rings. The van der Waals surface area contributed by atoms with Crippen LogP contribution in [0.15, 0.2) is 72.8 Å². The van der Waals surface area contributed by atoms with Gasteiger partial charge in [0, 0.05) is 5.56 Å². The first kappa shape index (κ1) is 21.1. The summed E-state index contributed by atoms with van der Waals surface area (Å²) >= 11 is 0. The Labute approximate surface area is 176 Å². The van der Waals surface area contributed by atoms with E-state index < -0.39 is 0 Å². The Bertz CT molecular complexity index is 989. The van der Waals surface area contributed by atoms with Gasteiger partial charge < -0.3 is 14.2 Å². The van der Waals surface area contributed by atoms with Crippen LogP contribution in [-0.4, -0.2) is 33.1 Å². The molecule has 0 aromatic heterocycles. The van der Waals surface area contributed by atoms with Crippen molar-refractivity contribution in [3.05, 3.63) is 95.1 Å². The molecule has 0 N–H and O–H groups in total. The SMILES string of the molecule is COC(=O)c1ccc(CC(C(=O)c2ccc(OC)cc2)c2ccc(OC)cc2)cc1. The minimum Gasteiger partial charge on any atom is -0.497 e. The molecule has 1 atom stereocenters. The van der Waals surface area contributed by atoms with Gasteiger partial charge >= 0.3 is 5.97 Å². The zero-order chi connectivity index (χ0) is 21.5. The van der Waals surface area contributed by atoms with Crippen LogP contribution in [0.4, 0.5) is 0 Å². The van der Waals surface area contributed by atoms with E-state index in [0.717, 1.165) is 16.9 Å². The van der Waals surface area contributed by atoms with Crippen molar-refractivity contribution >= 4 is 11.8 Å². The number of esters is 1. The first-order valence-corrected chi connectivity index (χ1v) is 9.55. The Hall–Kier alpha value is -3.60. The monoisotopic (exact) mass is 404 g/mol. The van der Waals surface area contributed by atoms with Gasteiger partial charge in [-0.2, -0.15) is 0 Å². The molecule has 5 nitrogen and oxygen atoms in total. The maximum atomic E-state index is 13.4. The quantitative estimate of drug-likeness (QED) is 0.402. The van der Waals surface area contributed by atoms with Gasteiger partial charge in [-0.15, -0.1) is 0 Å². The molecule has 3 aromatic rings. The third-order valence-corrected chi connectivity index (χ3v) is 5.02. The van der Waals surface area contributed by atoms with Gasteiger partial charge in [-0.1, -0.05) is 24.3 Å². The zero-order valence-corrected chi connectivity index (χ0v) is 17.3. The number of Topliss-reactive ketones (excluding diaryl/α,β-unsaturated/α-hetero) is 1. The van der Waals surface area contributed by atoms with Crippen LogP contribution in [-0.2, 0) is 11.2 Å². The number of benzene rings is 3. The second-order valence-corrected chi connectivity index (χ2v) is 6.81. The van der Waals surface area contributed by atoms with Crippen LogP contribution in [0.5, 0.6) is 11.5 Å². The van der Waals surface area contributed by atoms with E-state index in [0.29, 0.717) is 23.3 Å². The van der Waals surface area contributed by atoms with Crippen molar-refractivity contribution in [1.29, 1.82) is 0 Å². The first-order chi connectivity index (χ1) is 14.5. The molecule has 154 valence electrons. The van der Waals surface area contributed by atoms with Crippen molar-refractivity contribution in [2.24, 2.45) is 0 Å². The van der Waals surface area contributed by atoms with Gasteiger partial charge in [-0.3, -0.25) is 4.79 Å². The van der Waals surface area contributed by atoms with Gasteiger partial charge in [0.1, 0.15) is 11.5 Å². The topological polar surface area (TPSA) is 61.8 Å². The Morgan fingerprint density at radius 1 is 0.700 bits per heavy atom. The molecule has 0 aliphatic carbocycles. The normalized spacial score (nSPS) is 11.4. The Morgan fingerprint density at radius 2 is 1.20 bits per heavy atom. The van der Waals surface area contributed by atoms with Crippen LogP contribution < -0.4 is 9.47 Å². The highest BCUT2D eigenvalue weighted by atomic mass is 16.5. The Balaban J connectivity index is 1.91. The van der Waals surface area contributed by atoms with Gasteiger partial charge in [0.05, 0.1) is 32.8 Å². The van der Waals surface area contributed by atoms with E-state index in [9.17, 15) is 9.59 Å². The Kier molecular flexibility index (Phi) is 6.86. The highest BCUT2D eigenvalue weighted by molar-refractivity contribution is 6.01. The van der Waals surface area contributed by atoms with E-state index in [1.807, 2.05) is 36.4 Å². The van der Waals surface area contributed by atoms with Crippen LogP contribution in [0, 0.1) is 0 Å². The predicted octanol–water partition coefficient (Wildman–Crippen LogP) is 4.70. The molecule has 0 aliphatic heterocycles. The second-order valence-electron chi connectivity index (χ2n) is 6.81. The summed E-state index contributed by atoms with van der Waals surface area (Å²) in [5.74, 6) is 0.679. The average Bonchev–Trinajstić information content (AvgIpc) is 2.82. The van der Waals surface area contributed by atoms with E-state index in [1.165, 1.54) is 7.11 Å². The first-order valence-electron chi connectivity index (χ1n) is 9.55. The second kappa shape index (κ2) is 9.74. The predicted molar refractivity (Wildman–Crippen MR) is 115 cm³/mol. The van der Waals surface area contributed by atoms with E-state index in [2.05, 4.69) is 0 Å². The lowest BCUT2D eigenvalue weighted by molar-refractivity contribution is 0.0600. The molecule has 0 saturated carbocycles. The molecule has 3 aromatic carbocycles. The number of hydrogen-bond acceptors (Lipinski definition) is 5. The minimum absolute atomic E-state index is 0.0138. The van der Waals surface area contributed by atoms with E-state index in [4.69, 9.17) is 14.2 Å². The van der Waals surface area contributed by atoms with Crippen LogP contribution in [0.25, 0.3) is 0 Å². The molecule has 0 spiro atoms. The average molecular weight is 404 g/mol. The van der Waals surface area contributed by atoms with Crippen LogP contribution >= 0.6 is 0 Å². The summed E-state index contributed by atoms with van der Waals surface area (Å²) in [4.78, 5) is 25.1. The third kappa shape index (κ3) is 4.87. The minimum atomic E-state index is -0.387. The van der Waals surface area contributed by atoms with Crippen LogP contribution in [0.2, 0.25) is 0 Å². The smallest absolute Gasteiger partial charge is 0.337 e. The molecule has 5 heteroatoms. The molecular formula is C25H24O5. The molecular weight excluding hydrogens is 380 g/mol. The molecule has 0 fully saturated rings. The highest BCUT2D eigenvalue weighted by Gasteiger charge is 2.23. The van der Waals surface area contributed by atoms with E-state index >= 15 is 0 Å². The fourth-order valence-electron chi connectivity index (χ4n) is 3.29. The van der Waals surface area contributed by atoms with Crippen molar-refractivity contribution in [3.8, 4) is 11.5 Å². The molecule has 30 heavy (non-hydrogen) atoms. The zero-order valence-electron chi connectivity index (χ0n) is 17.3. The number of ketones is 1. The van der Waals surface area contributed by atoms with Crippen molar-refractivity contribution < 1.29 is 23.8 Å². The maximum Gasteiger partial charge on any atom is 0.337 e. The van der Waals surface area contributed by atoms with Crippen LogP contribution in [0.3, 0.4) is 0 Å². The fourth-order valence-corrected chi connectivity index (χ4v) is 3.29. The number of rotatable bonds is 8. The molecule has 1 unspecified atom stereocenters. The molecule has 0 heterocycles. The summed E-state index contributed by atoms with van der Waals surface area (Å²) in [6, 6.07) is 21.8. The lowest BCUT2D eigenvalue weighted by Gasteiger charge is -2.18. The Morgan fingerprint density at radius 3 is 1.70 bits per heavy atom. The number of methoxy groups -OCH3 is 3. The summed E-state index contributed by atoms with van der Waals surface area (Å²) in [6.07, 6.45) is 0.499. The fraction of sp³-hybridized carbons (Fsp3) is 0.200. The summed E-state index contributed by atoms with van der Waals surface area (Å²) in [5, 5.41) is 0. The van der Waals surface area contributed by atoms with Crippen molar-refractivity contribution in [2.75, 3.05) is 21.3 Å². The van der Waals surface area contributed by atoms with E-state index in [-0.39, 0.29) is 17.7 Å². The number of ether oxygens (including phenoxy) is 3. The summed E-state index contributed by atoms with van der Waals surface area (Å²) in [5.41, 5.74) is 2.94. The standard InChI is InChI=1S/C25H24O5/c1-28-21-12-8-18(9-13-21)23(24(26)19-10-14-22(29-2)15-11-19)16-17-4-6-20(7-5-17)25(27)30-3/h4-15,23H,16H2,1-3H3. The van der Waals surface area contributed by atoms with Crippen LogP contribution in [0.1, 0.15) is 37.8 Å². The molecule has 3 rings (SSSR count). The molecule has 0 bridgehead atoms. The molecule has 0 saturated heterocycles. The van der Waals surface area contributed by atoms with Crippen molar-refractivity contribution in [3.63, 3.8) is 0 Å². The lowest BCUT2D eigenvalue weighted by atomic mass is 9.85. The van der Waals surface area contributed by atoms with Gasteiger partial charge in [0.2, 0.25) is 0 Å². The summed E-state index contributed by atoms with van der Waals surface area (Å²) < 4.78 is 15.2. The summed E-state index contributed by atoms with van der Waals surface area (Å²) in [7, 11) is 4.55. The van der Waals surface area contributed by atoms with Crippen molar-refractivity contribution in [1.82, 2.24) is 0 Å². The van der Waals surface area contributed by atoms with E-state index in [1.54, 1.807) is 50.6 Å². The van der Waals surface area contributed by atoms with Gasteiger partial charge in [0.15, 0.2) is 5.78 Å². The van der Waals surface area contributed by atoms with Crippen molar-refractivity contribution in [2.45, 2.75) is 12.3 Å². The lowest BCUT2D eigenvalue weighted by Crippen LogP contribution is -2.16.